The summed E-state index contributed by atoms with van der Waals surface area (Å²) in [6.45, 7) is 14.7. The number of aliphatic imine (C=N–C) groups is 1. The minimum absolute atomic E-state index is 0. The van der Waals surface area contributed by atoms with Crippen LogP contribution < -0.4 is 15.4 Å². The number of benzene rings is 1. The van der Waals surface area contributed by atoms with Crippen LogP contribution in [-0.2, 0) is 16.1 Å². The summed E-state index contributed by atoms with van der Waals surface area (Å²) in [6, 6.07) is 6.32. The van der Waals surface area contributed by atoms with Gasteiger partial charge in [-0.25, -0.2) is 4.99 Å². The van der Waals surface area contributed by atoms with Crippen LogP contribution in [0.2, 0.25) is 0 Å². The third-order valence-electron chi connectivity index (χ3n) is 6.01. The molecule has 3 rings (SSSR count). The van der Waals surface area contributed by atoms with Crippen molar-refractivity contribution in [2.45, 2.75) is 33.7 Å². The van der Waals surface area contributed by atoms with Gasteiger partial charge in [-0.1, -0.05) is 12.1 Å². The molecule has 2 aliphatic heterocycles. The highest BCUT2D eigenvalue weighted by Gasteiger charge is 2.18. The molecule has 0 bridgehead atoms. The topological polar surface area (TPSA) is 78.4 Å². The van der Waals surface area contributed by atoms with Gasteiger partial charge in [0.2, 0.25) is 5.91 Å². The van der Waals surface area contributed by atoms with Crippen molar-refractivity contribution in [3.05, 3.63) is 29.3 Å². The van der Waals surface area contributed by atoms with Gasteiger partial charge in [-0.05, 0) is 31.9 Å². The Morgan fingerprint density at radius 1 is 1.24 bits per heavy atom. The van der Waals surface area contributed by atoms with Gasteiger partial charge in [0.25, 0.3) is 0 Å². The van der Waals surface area contributed by atoms with Gasteiger partial charge in [0.1, 0.15) is 5.75 Å². The van der Waals surface area contributed by atoms with Gasteiger partial charge < -0.3 is 25.0 Å². The van der Waals surface area contributed by atoms with Crippen molar-refractivity contribution in [2.75, 3.05) is 65.6 Å². The lowest BCUT2D eigenvalue weighted by Gasteiger charge is -2.34. The molecule has 0 spiro atoms. The lowest BCUT2D eigenvalue weighted by Crippen LogP contribution is -2.50. The molecule has 1 amide bonds. The molecule has 0 aromatic heterocycles. The number of amides is 1. The fraction of sp³-hybridized carbons (Fsp3) is 0.667. The number of carbonyl (C=O) groups is 1. The summed E-state index contributed by atoms with van der Waals surface area (Å²) >= 11 is 0. The first kappa shape index (κ1) is 27.7. The van der Waals surface area contributed by atoms with E-state index in [1.54, 1.807) is 6.92 Å². The number of aryl methyl sites for hydroxylation is 1. The third kappa shape index (κ3) is 9.29. The van der Waals surface area contributed by atoms with Crippen LogP contribution in [0.25, 0.3) is 0 Å². The van der Waals surface area contributed by atoms with E-state index in [0.717, 1.165) is 82.7 Å². The summed E-state index contributed by atoms with van der Waals surface area (Å²) < 4.78 is 11.6. The van der Waals surface area contributed by atoms with E-state index in [1.165, 1.54) is 5.56 Å². The smallest absolute Gasteiger partial charge is 0.219 e. The molecule has 2 heterocycles. The maximum atomic E-state index is 11.5. The Hall–Kier alpha value is -1.59. The first-order valence-electron chi connectivity index (χ1n) is 11.8. The fourth-order valence-corrected chi connectivity index (χ4v) is 3.97. The number of nitrogens with one attached hydrogen (secondary N) is 2. The molecule has 186 valence electrons. The first-order valence-corrected chi connectivity index (χ1v) is 11.8. The van der Waals surface area contributed by atoms with Gasteiger partial charge in [0.05, 0.1) is 19.8 Å². The number of hydrogen-bond donors (Lipinski definition) is 2. The Bertz CT molecular complexity index is 762. The number of nitrogens with zero attached hydrogens (tertiary/aromatic N) is 3. The van der Waals surface area contributed by atoms with Gasteiger partial charge >= 0.3 is 0 Å². The Morgan fingerprint density at radius 3 is 2.70 bits per heavy atom. The molecule has 0 aliphatic carbocycles. The zero-order chi connectivity index (χ0) is 22.8. The summed E-state index contributed by atoms with van der Waals surface area (Å²) in [6.07, 6.45) is 1.07. The van der Waals surface area contributed by atoms with E-state index >= 15 is 0 Å². The number of rotatable bonds is 9. The molecular weight excluding hydrogens is 533 g/mol. The molecule has 1 aromatic carbocycles. The molecule has 0 saturated carbocycles. The second-order valence-corrected chi connectivity index (χ2v) is 8.62. The van der Waals surface area contributed by atoms with E-state index in [0.29, 0.717) is 19.1 Å². The van der Waals surface area contributed by atoms with Crippen LogP contribution in [0.5, 0.6) is 5.75 Å². The molecule has 1 aromatic rings. The normalized spacial score (nSPS) is 19.2. The Balaban J connectivity index is 0.00000385. The molecule has 2 aliphatic rings. The number of ether oxygens (including phenoxy) is 2. The zero-order valence-electron chi connectivity index (χ0n) is 20.3. The monoisotopic (exact) mass is 573 g/mol. The average Bonchev–Trinajstić information content (AvgIpc) is 3.31. The second-order valence-electron chi connectivity index (χ2n) is 8.62. The molecule has 1 atom stereocenters. The van der Waals surface area contributed by atoms with Crippen LogP contribution in [-0.4, -0.2) is 87.3 Å². The second kappa shape index (κ2) is 14.6. The maximum absolute atomic E-state index is 11.5. The van der Waals surface area contributed by atoms with E-state index < -0.39 is 0 Å². The summed E-state index contributed by atoms with van der Waals surface area (Å²) in [5.74, 6) is 2.37. The molecule has 2 fully saturated rings. The van der Waals surface area contributed by atoms with Gasteiger partial charge in [-0.2, -0.15) is 0 Å². The minimum atomic E-state index is 0. The van der Waals surface area contributed by atoms with Crippen molar-refractivity contribution in [2.24, 2.45) is 10.9 Å². The van der Waals surface area contributed by atoms with Crippen molar-refractivity contribution in [3.8, 4) is 5.75 Å². The summed E-state index contributed by atoms with van der Waals surface area (Å²) in [7, 11) is 0. The van der Waals surface area contributed by atoms with Gasteiger partial charge in [-0.3, -0.25) is 9.69 Å². The van der Waals surface area contributed by atoms with Gasteiger partial charge in [0.15, 0.2) is 5.96 Å². The van der Waals surface area contributed by atoms with E-state index in [1.807, 2.05) is 4.90 Å². The molecule has 0 radical (unpaired) electrons. The minimum Gasteiger partial charge on any atom is -0.493 e. The van der Waals surface area contributed by atoms with E-state index in [2.05, 4.69) is 47.6 Å². The SMILES string of the molecule is CCNC(=NCc1ccc(C)cc1OCC1CCOC1)NCCN1CCN(C(C)=O)CC1.I. The Kier molecular flexibility index (Phi) is 12.3. The Labute approximate surface area is 215 Å². The highest BCUT2D eigenvalue weighted by atomic mass is 127. The predicted molar refractivity (Wildman–Crippen MR) is 143 cm³/mol. The molecular formula is C24H40IN5O3. The van der Waals surface area contributed by atoms with E-state index in [4.69, 9.17) is 14.5 Å². The zero-order valence-corrected chi connectivity index (χ0v) is 22.6. The van der Waals surface area contributed by atoms with Crippen molar-refractivity contribution in [3.63, 3.8) is 0 Å². The fourth-order valence-electron chi connectivity index (χ4n) is 3.97. The molecule has 8 nitrogen and oxygen atoms in total. The maximum Gasteiger partial charge on any atom is 0.219 e. The number of carbonyl (C=O) groups excluding carboxylic acids is 1. The first-order chi connectivity index (χ1) is 15.5. The van der Waals surface area contributed by atoms with Crippen molar-refractivity contribution >= 4 is 35.8 Å². The van der Waals surface area contributed by atoms with Crippen LogP contribution in [0.15, 0.2) is 23.2 Å². The lowest BCUT2D eigenvalue weighted by molar-refractivity contribution is -0.130. The highest BCUT2D eigenvalue weighted by molar-refractivity contribution is 14.0. The lowest BCUT2D eigenvalue weighted by atomic mass is 10.1. The number of piperazine rings is 1. The molecule has 9 heteroatoms. The molecule has 2 N–H and O–H groups in total. The van der Waals surface area contributed by atoms with Gasteiger partial charge in [-0.15, -0.1) is 24.0 Å². The Morgan fingerprint density at radius 2 is 2.03 bits per heavy atom. The van der Waals surface area contributed by atoms with Crippen molar-refractivity contribution in [1.29, 1.82) is 0 Å². The summed E-state index contributed by atoms with van der Waals surface area (Å²) in [5, 5.41) is 6.77. The quantitative estimate of drug-likeness (QED) is 0.268. The van der Waals surface area contributed by atoms with Crippen molar-refractivity contribution < 1.29 is 14.3 Å². The average molecular weight is 574 g/mol. The summed E-state index contributed by atoms with van der Waals surface area (Å²) in [4.78, 5) is 20.6. The van der Waals surface area contributed by atoms with Crippen LogP contribution in [0.3, 0.4) is 0 Å². The third-order valence-corrected chi connectivity index (χ3v) is 6.01. The number of hydrogen-bond acceptors (Lipinski definition) is 5. The highest BCUT2D eigenvalue weighted by Crippen LogP contribution is 2.23. The van der Waals surface area contributed by atoms with E-state index in [-0.39, 0.29) is 29.9 Å². The molecule has 1 unspecified atom stereocenters. The van der Waals surface area contributed by atoms with Crippen LogP contribution in [0.1, 0.15) is 31.4 Å². The number of guanidine groups is 1. The number of halogens is 1. The largest absolute Gasteiger partial charge is 0.493 e. The standard InChI is InChI=1S/C24H39N5O3.HI/c1-4-25-24(26-8-9-28-10-12-29(13-11-28)20(3)30)27-16-22-6-5-19(2)15-23(22)32-18-21-7-14-31-17-21;/h5-6,15,21H,4,7-14,16-18H2,1-3H3,(H2,25,26,27);1H. The van der Waals surface area contributed by atoms with Crippen LogP contribution in [0, 0.1) is 12.8 Å². The van der Waals surface area contributed by atoms with Gasteiger partial charge in [0, 0.05) is 70.8 Å². The van der Waals surface area contributed by atoms with Crippen LogP contribution >= 0.6 is 24.0 Å². The van der Waals surface area contributed by atoms with Crippen LogP contribution in [0.4, 0.5) is 0 Å². The predicted octanol–water partition coefficient (Wildman–Crippen LogP) is 2.25. The van der Waals surface area contributed by atoms with Crippen molar-refractivity contribution in [1.82, 2.24) is 20.4 Å². The molecule has 2 saturated heterocycles. The molecule has 33 heavy (non-hydrogen) atoms. The summed E-state index contributed by atoms with van der Waals surface area (Å²) in [5.41, 5.74) is 2.28. The van der Waals surface area contributed by atoms with E-state index in [9.17, 15) is 4.79 Å².